The van der Waals surface area contributed by atoms with Crippen LogP contribution in [0.15, 0.2) is 59.5 Å². The molecule has 2 bridgehead atoms. The van der Waals surface area contributed by atoms with Crippen LogP contribution < -0.4 is 26.0 Å². The van der Waals surface area contributed by atoms with Crippen molar-refractivity contribution in [3.8, 4) is 29.6 Å². The van der Waals surface area contributed by atoms with E-state index < -0.39 is 23.6 Å². The highest BCUT2D eigenvalue weighted by Crippen LogP contribution is 2.39. The number of imidazole rings is 1. The fourth-order valence-electron chi connectivity index (χ4n) is 13.7. The van der Waals surface area contributed by atoms with E-state index in [-0.39, 0.29) is 46.9 Å². The van der Waals surface area contributed by atoms with Crippen LogP contribution in [0.1, 0.15) is 93.7 Å². The number of likely N-dealkylation sites (tertiary alicyclic amines) is 2. The number of carbonyl (C=O) groups is 3. The van der Waals surface area contributed by atoms with Gasteiger partial charge < -0.3 is 29.5 Å². The topological polar surface area (TPSA) is 172 Å². The third-order valence-corrected chi connectivity index (χ3v) is 17.6. The first-order valence-electron chi connectivity index (χ1n) is 27.5. The van der Waals surface area contributed by atoms with Gasteiger partial charge in [-0.1, -0.05) is 36.3 Å². The number of nitrogens with zero attached hydrogens (tertiary/aromatic N) is 9. The summed E-state index contributed by atoms with van der Waals surface area (Å²) in [5.74, 6) is 2.04. The molecule has 17 nitrogen and oxygen atoms in total. The van der Waals surface area contributed by atoms with E-state index in [1.54, 1.807) is 46.6 Å². The molecule has 7 fully saturated rings. The van der Waals surface area contributed by atoms with Crippen molar-refractivity contribution in [2.24, 2.45) is 13.0 Å². The SMILES string of the molecule is C#Cc1c(F)ccc2cccc(-c3ncc4c(N5CC6CCC(C5)N6)nc(OC)nc4c3F)c12.Cn1c(=O)n(C2CCC(=O)NC2=O)c2ccc(C3CCN(CC4CCN(C(=O)OCC5CCC6CCCN65)C4)CC3)cc21. The molecule has 7 aliphatic heterocycles. The van der Waals surface area contributed by atoms with Crippen molar-refractivity contribution in [2.45, 2.75) is 107 Å². The molecular formula is C58H65F2N11O6. The number of carbonyl (C=O) groups excluding carboxylic acids is 3. The van der Waals surface area contributed by atoms with Crippen molar-refractivity contribution in [3.05, 3.63) is 88.0 Å². The van der Waals surface area contributed by atoms with Gasteiger partial charge in [0, 0.05) is 87.5 Å². The number of fused-ring (bicyclic) bond motifs is 6. The molecule has 0 saturated carbocycles. The number of halogens is 2. The lowest BCUT2D eigenvalue weighted by Crippen LogP contribution is -2.51. The Kier molecular flexibility index (Phi) is 13.9. The summed E-state index contributed by atoms with van der Waals surface area (Å²) in [4.78, 5) is 72.6. The Morgan fingerprint density at radius 2 is 1.70 bits per heavy atom. The van der Waals surface area contributed by atoms with Gasteiger partial charge in [-0.15, -0.1) is 6.42 Å². The molecule has 6 atom stereocenters. The van der Waals surface area contributed by atoms with Crippen molar-refractivity contribution in [1.82, 2.24) is 49.4 Å². The summed E-state index contributed by atoms with van der Waals surface area (Å²) in [6.07, 6.45) is 17.9. The third-order valence-electron chi connectivity index (χ3n) is 17.6. The van der Waals surface area contributed by atoms with Gasteiger partial charge in [0.05, 0.1) is 29.1 Å². The van der Waals surface area contributed by atoms with E-state index in [9.17, 15) is 23.6 Å². The summed E-state index contributed by atoms with van der Waals surface area (Å²) in [5, 5.41) is 7.61. The van der Waals surface area contributed by atoms with Crippen LogP contribution in [0, 0.1) is 29.9 Å². The summed E-state index contributed by atoms with van der Waals surface area (Å²) in [6.45, 7) is 7.83. The molecule has 6 unspecified atom stereocenters. The van der Waals surface area contributed by atoms with Gasteiger partial charge in [-0.05, 0) is 125 Å². The number of imide groups is 1. The van der Waals surface area contributed by atoms with E-state index in [2.05, 4.69) is 58.3 Å². The van der Waals surface area contributed by atoms with Crippen molar-refractivity contribution >= 4 is 56.4 Å². The number of hydrogen-bond donors (Lipinski definition) is 2. The number of pyridine rings is 1. The largest absolute Gasteiger partial charge is 0.467 e. The summed E-state index contributed by atoms with van der Waals surface area (Å²) >= 11 is 0. The predicted octanol–water partition coefficient (Wildman–Crippen LogP) is 6.64. The third kappa shape index (κ3) is 9.66. The fraction of sp³-hybridized carbons (Fsp3) is 0.500. The van der Waals surface area contributed by atoms with Crippen LogP contribution in [0.3, 0.4) is 0 Å². The first-order valence-corrected chi connectivity index (χ1v) is 27.5. The van der Waals surface area contributed by atoms with Crippen molar-refractivity contribution in [2.75, 3.05) is 71.0 Å². The van der Waals surface area contributed by atoms with Gasteiger partial charge in [0.25, 0.3) is 0 Å². The smallest absolute Gasteiger partial charge is 0.409 e. The lowest BCUT2D eigenvalue weighted by Gasteiger charge is -2.34. The number of piperidine rings is 2. The first kappa shape index (κ1) is 50.8. The van der Waals surface area contributed by atoms with Gasteiger partial charge in [-0.2, -0.15) is 9.97 Å². The zero-order valence-electron chi connectivity index (χ0n) is 43.7. The zero-order chi connectivity index (χ0) is 53.1. The molecule has 2 N–H and O–H groups in total. The molecule has 7 saturated heterocycles. The van der Waals surface area contributed by atoms with E-state index in [0.29, 0.717) is 76.6 Å². The number of aryl methyl sites for hydroxylation is 1. The minimum absolute atomic E-state index is 0.0484. The van der Waals surface area contributed by atoms with Crippen LogP contribution in [-0.4, -0.2) is 147 Å². The quantitative estimate of drug-likeness (QED) is 0.117. The highest BCUT2D eigenvalue weighted by atomic mass is 19.1. The molecule has 77 heavy (non-hydrogen) atoms. The van der Waals surface area contributed by atoms with E-state index in [4.69, 9.17) is 15.9 Å². The van der Waals surface area contributed by atoms with Gasteiger partial charge in [-0.3, -0.25) is 33.9 Å². The van der Waals surface area contributed by atoms with Crippen LogP contribution in [0.25, 0.3) is 44.0 Å². The Morgan fingerprint density at radius 3 is 2.48 bits per heavy atom. The van der Waals surface area contributed by atoms with Gasteiger partial charge in [0.15, 0.2) is 5.82 Å². The molecule has 0 aliphatic carbocycles. The van der Waals surface area contributed by atoms with Crippen LogP contribution in [-0.2, 0) is 21.4 Å². The van der Waals surface area contributed by atoms with Crippen molar-refractivity contribution in [1.29, 1.82) is 0 Å². The number of terminal acetylenes is 1. The van der Waals surface area contributed by atoms with E-state index in [1.807, 2.05) is 11.0 Å². The molecule has 13 rings (SSSR count). The van der Waals surface area contributed by atoms with Crippen molar-refractivity contribution in [3.63, 3.8) is 0 Å². The number of rotatable bonds is 9. The fourth-order valence-corrected chi connectivity index (χ4v) is 13.7. The second kappa shape index (κ2) is 21.1. The molecule has 3 aromatic carbocycles. The normalized spacial score (nSPS) is 24.8. The summed E-state index contributed by atoms with van der Waals surface area (Å²) in [5.41, 5.74) is 3.18. The molecule has 6 aromatic rings. The minimum atomic E-state index is -0.665. The number of methoxy groups -OCH3 is 1. The number of benzene rings is 3. The molecule has 19 heteroatoms. The maximum absolute atomic E-state index is 16.1. The Morgan fingerprint density at radius 1 is 0.883 bits per heavy atom. The number of nitrogens with one attached hydrogen (secondary N) is 2. The monoisotopic (exact) mass is 1050 g/mol. The second-order valence-corrected chi connectivity index (χ2v) is 22.2. The summed E-state index contributed by atoms with van der Waals surface area (Å²) in [6, 6.07) is 15.7. The average molecular weight is 1050 g/mol. The van der Waals surface area contributed by atoms with Gasteiger partial charge in [-0.25, -0.2) is 18.4 Å². The zero-order valence-corrected chi connectivity index (χ0v) is 43.7. The van der Waals surface area contributed by atoms with E-state index in [0.717, 1.165) is 102 Å². The number of ether oxygens (including phenoxy) is 2. The second-order valence-electron chi connectivity index (χ2n) is 22.2. The molecule has 402 valence electrons. The van der Waals surface area contributed by atoms with E-state index >= 15 is 4.39 Å². The Balaban J connectivity index is 0.000000159. The number of piperazine rings is 1. The van der Waals surface area contributed by atoms with Crippen molar-refractivity contribution < 1.29 is 32.6 Å². The standard InChI is InChI=1S/C32H44N6O5.C26H21F2N5O/c1-34-28-17-23(4-7-26(28)38(31(34)41)27-8-9-29(39)33-30(27)40)22-11-14-35(15-12-22)18-21-10-16-36(19-21)32(42)43-20-25-6-5-24-3-2-13-37(24)25;1-3-17-20(27)10-7-14-5-4-6-18(21(14)17)23-22(28)24-19(11-29-23)25(32-26(31-24)34-2)33-12-15-8-9-16(13-33)30-15/h4,7,17,21-22,24-25,27H,2-3,5-6,8-16,18-20H2,1H3,(H,33,39,40);1,4-7,10-11,15-16,30H,8-9,12-13H2,2H3. The first-order chi connectivity index (χ1) is 37.4. The molecule has 3 amide bonds. The van der Waals surface area contributed by atoms with Gasteiger partial charge in [0.2, 0.25) is 11.8 Å². The number of aromatic nitrogens is 5. The summed E-state index contributed by atoms with van der Waals surface area (Å²) < 4.78 is 44.8. The molecular weight excluding hydrogens is 985 g/mol. The van der Waals surface area contributed by atoms with Gasteiger partial charge in [0.1, 0.15) is 35.5 Å². The number of amides is 3. The molecule has 7 aliphatic rings. The minimum Gasteiger partial charge on any atom is -0.467 e. The lowest BCUT2D eigenvalue weighted by molar-refractivity contribution is -0.135. The highest BCUT2D eigenvalue weighted by molar-refractivity contribution is 6.02. The molecule has 3 aromatic heterocycles. The van der Waals surface area contributed by atoms with Gasteiger partial charge >= 0.3 is 17.8 Å². The Labute approximate surface area is 445 Å². The maximum Gasteiger partial charge on any atom is 0.409 e. The number of anilines is 1. The van der Waals surface area contributed by atoms with Crippen LogP contribution >= 0.6 is 0 Å². The van der Waals surface area contributed by atoms with Crippen LogP contribution in [0.4, 0.5) is 19.4 Å². The molecule has 0 spiro atoms. The lowest BCUT2D eigenvalue weighted by atomic mass is 9.88. The molecule has 0 radical (unpaired) electrons. The highest BCUT2D eigenvalue weighted by Gasteiger charge is 2.39. The predicted molar refractivity (Wildman–Crippen MR) is 288 cm³/mol. The van der Waals surface area contributed by atoms with E-state index in [1.165, 1.54) is 38.0 Å². The van der Waals surface area contributed by atoms with Crippen LogP contribution in [0.2, 0.25) is 0 Å². The number of hydrogen-bond acceptors (Lipinski definition) is 13. The van der Waals surface area contributed by atoms with Crippen LogP contribution in [0.5, 0.6) is 6.01 Å². The average Bonchev–Trinajstić information content (AvgIpc) is 4.31. The summed E-state index contributed by atoms with van der Waals surface area (Å²) in [7, 11) is 3.21. The molecule has 10 heterocycles. The maximum atomic E-state index is 16.1. The Bertz CT molecular complexity index is 3390. The Hall–Kier alpha value is -7.01.